The van der Waals surface area contributed by atoms with Crippen LogP contribution in [0.25, 0.3) is 0 Å². The maximum atomic E-state index is 12.1. The lowest BCUT2D eigenvalue weighted by Gasteiger charge is -2.39. The van der Waals surface area contributed by atoms with Crippen molar-refractivity contribution in [3.63, 3.8) is 0 Å². The van der Waals surface area contributed by atoms with Crippen molar-refractivity contribution >= 4 is 16.0 Å². The Morgan fingerprint density at radius 3 is 2.32 bits per heavy atom. The molecule has 2 saturated heterocycles. The topological polar surface area (TPSA) is 100 Å². The number of aliphatic carboxylic acids is 1. The molecule has 1 aromatic rings. The summed E-state index contributed by atoms with van der Waals surface area (Å²) in [4.78, 5) is 11.3. The number of aryl methyl sites for hydroxylation is 1. The van der Waals surface area contributed by atoms with E-state index in [1.807, 2.05) is 19.1 Å². The van der Waals surface area contributed by atoms with Gasteiger partial charge in [-0.1, -0.05) is 0 Å². The van der Waals surface area contributed by atoms with Gasteiger partial charge in [-0.3, -0.25) is 4.90 Å². The molecule has 3 rings (SSSR count). The van der Waals surface area contributed by atoms with E-state index >= 15 is 0 Å². The molecule has 31 heavy (non-hydrogen) atoms. The van der Waals surface area contributed by atoms with Gasteiger partial charge in [0.05, 0.1) is 19.4 Å². The molecule has 1 spiro atoms. The minimum atomic E-state index is -5.08. The van der Waals surface area contributed by atoms with Crippen LogP contribution in [0.15, 0.2) is 16.5 Å². The van der Waals surface area contributed by atoms with Gasteiger partial charge in [0.2, 0.25) is 10.0 Å². The zero-order valence-electron chi connectivity index (χ0n) is 17.8. The van der Waals surface area contributed by atoms with Crippen LogP contribution in [0.2, 0.25) is 0 Å². The van der Waals surface area contributed by atoms with E-state index in [1.54, 1.807) is 11.4 Å². The quantitative estimate of drug-likeness (QED) is 0.706. The zero-order chi connectivity index (χ0) is 23.4. The number of carboxylic acids is 1. The Morgan fingerprint density at radius 1 is 1.32 bits per heavy atom. The molecule has 0 amide bonds. The molecule has 0 bridgehead atoms. The molecule has 178 valence electrons. The van der Waals surface area contributed by atoms with Gasteiger partial charge in [0.25, 0.3) is 0 Å². The van der Waals surface area contributed by atoms with E-state index in [9.17, 15) is 21.6 Å². The normalized spacial score (nSPS) is 22.3. The van der Waals surface area contributed by atoms with Gasteiger partial charge in [-0.15, -0.1) is 0 Å². The Bertz CT molecular complexity index is 847. The lowest BCUT2D eigenvalue weighted by Crippen LogP contribution is -2.42. The van der Waals surface area contributed by atoms with Gasteiger partial charge in [0.15, 0.2) is 0 Å². The van der Waals surface area contributed by atoms with Gasteiger partial charge in [0.1, 0.15) is 11.5 Å². The number of likely N-dealkylation sites (tertiary alicyclic amines) is 1. The number of hydrogen-bond donors (Lipinski definition) is 1. The summed E-state index contributed by atoms with van der Waals surface area (Å²) in [7, 11) is -1.55. The summed E-state index contributed by atoms with van der Waals surface area (Å²) in [6.45, 7) is 5.87. The van der Waals surface area contributed by atoms with Gasteiger partial charge in [0, 0.05) is 19.7 Å². The van der Waals surface area contributed by atoms with Crippen LogP contribution >= 0.6 is 0 Å². The van der Waals surface area contributed by atoms with Crippen molar-refractivity contribution in [1.82, 2.24) is 9.21 Å². The molecule has 0 radical (unpaired) electrons. The standard InChI is InChI=1S/C17H28N2O4S.C2HF3O2/c1-14-4-5-16(23-14)11-18-8-6-17(7-9-18)10-15(12-22-2)19(13-17)24(3,20)21;3-2(4,5)1(6)7/h4-5,15H,6-13H2,1-3H3;(H,6,7). The van der Waals surface area contributed by atoms with Gasteiger partial charge in [-0.2, -0.15) is 17.5 Å². The lowest BCUT2D eigenvalue weighted by atomic mass is 9.76. The molecule has 0 saturated carbocycles. The van der Waals surface area contributed by atoms with Gasteiger partial charge >= 0.3 is 12.1 Å². The second-order valence-electron chi connectivity index (χ2n) is 8.21. The molecule has 8 nitrogen and oxygen atoms in total. The van der Waals surface area contributed by atoms with Gasteiger partial charge < -0.3 is 14.3 Å². The number of methoxy groups -OCH3 is 1. The molecule has 2 fully saturated rings. The van der Waals surface area contributed by atoms with Crippen LogP contribution in [-0.2, 0) is 26.1 Å². The van der Waals surface area contributed by atoms with Crippen molar-refractivity contribution in [2.24, 2.45) is 5.41 Å². The molecule has 1 aromatic heterocycles. The van der Waals surface area contributed by atoms with Crippen molar-refractivity contribution in [3.8, 4) is 0 Å². The molecular formula is C19H29F3N2O6S. The maximum Gasteiger partial charge on any atom is 0.490 e. The Balaban J connectivity index is 0.000000423. The van der Waals surface area contributed by atoms with Crippen LogP contribution in [0.4, 0.5) is 13.2 Å². The van der Waals surface area contributed by atoms with E-state index in [0.717, 1.165) is 50.4 Å². The summed E-state index contributed by atoms with van der Waals surface area (Å²) in [5.74, 6) is -0.808. The predicted molar refractivity (Wildman–Crippen MR) is 106 cm³/mol. The molecule has 1 unspecified atom stereocenters. The third kappa shape index (κ3) is 7.19. The van der Waals surface area contributed by atoms with Gasteiger partial charge in [-0.25, -0.2) is 13.2 Å². The Labute approximate surface area is 180 Å². The van der Waals surface area contributed by atoms with Gasteiger partial charge in [-0.05, 0) is 56.8 Å². The first kappa shape index (κ1) is 25.6. The van der Waals surface area contributed by atoms with Crippen LogP contribution in [0, 0.1) is 12.3 Å². The van der Waals surface area contributed by atoms with E-state index < -0.39 is 22.2 Å². The highest BCUT2D eigenvalue weighted by molar-refractivity contribution is 7.88. The first-order valence-corrected chi connectivity index (χ1v) is 11.6. The highest BCUT2D eigenvalue weighted by atomic mass is 32.2. The molecule has 2 aliphatic rings. The van der Waals surface area contributed by atoms with Crippen molar-refractivity contribution < 1.29 is 40.6 Å². The summed E-state index contributed by atoms with van der Waals surface area (Å²) in [5, 5.41) is 7.12. The number of piperidine rings is 1. The van der Waals surface area contributed by atoms with Crippen LogP contribution in [-0.4, -0.2) is 80.5 Å². The zero-order valence-corrected chi connectivity index (χ0v) is 18.6. The number of carboxylic acid groups (broad SMARTS) is 1. The van der Waals surface area contributed by atoms with Crippen LogP contribution in [0.5, 0.6) is 0 Å². The summed E-state index contributed by atoms with van der Waals surface area (Å²) in [6.07, 6.45) is -0.817. The van der Waals surface area contributed by atoms with E-state index in [1.165, 1.54) is 6.26 Å². The average Bonchev–Trinajstić information content (AvgIpc) is 3.21. The van der Waals surface area contributed by atoms with Crippen LogP contribution < -0.4 is 0 Å². The number of alkyl halides is 3. The third-order valence-electron chi connectivity index (χ3n) is 5.69. The molecule has 12 heteroatoms. The molecule has 0 aromatic carbocycles. The Kier molecular flexibility index (Phi) is 8.17. The predicted octanol–water partition coefficient (Wildman–Crippen LogP) is 2.48. The Hall–Kier alpha value is -1.63. The molecule has 1 atom stereocenters. The fraction of sp³-hybridized carbons (Fsp3) is 0.737. The van der Waals surface area contributed by atoms with Crippen LogP contribution in [0.3, 0.4) is 0 Å². The second-order valence-corrected chi connectivity index (χ2v) is 10.1. The first-order valence-electron chi connectivity index (χ1n) is 9.79. The molecule has 3 heterocycles. The summed E-state index contributed by atoms with van der Waals surface area (Å²) in [5.41, 5.74) is 0.0991. The largest absolute Gasteiger partial charge is 0.490 e. The monoisotopic (exact) mass is 470 g/mol. The minimum absolute atomic E-state index is 0.0238. The number of furan rings is 1. The summed E-state index contributed by atoms with van der Waals surface area (Å²) < 4.78 is 68.5. The fourth-order valence-electron chi connectivity index (χ4n) is 4.19. The van der Waals surface area contributed by atoms with Crippen molar-refractivity contribution in [2.75, 3.05) is 39.6 Å². The molecule has 1 N–H and O–H groups in total. The minimum Gasteiger partial charge on any atom is -0.475 e. The van der Waals surface area contributed by atoms with Crippen molar-refractivity contribution in [2.45, 2.75) is 44.9 Å². The fourth-order valence-corrected chi connectivity index (χ4v) is 5.37. The molecular weight excluding hydrogens is 441 g/mol. The third-order valence-corrected chi connectivity index (χ3v) is 6.97. The van der Waals surface area contributed by atoms with E-state index in [-0.39, 0.29) is 11.5 Å². The van der Waals surface area contributed by atoms with Crippen molar-refractivity contribution in [1.29, 1.82) is 0 Å². The van der Waals surface area contributed by atoms with Crippen molar-refractivity contribution in [3.05, 3.63) is 23.7 Å². The second kappa shape index (κ2) is 9.88. The lowest BCUT2D eigenvalue weighted by molar-refractivity contribution is -0.192. The highest BCUT2D eigenvalue weighted by Crippen LogP contribution is 2.44. The maximum absolute atomic E-state index is 12.1. The number of halogens is 3. The average molecular weight is 471 g/mol. The van der Waals surface area contributed by atoms with E-state index in [0.29, 0.717) is 13.2 Å². The van der Waals surface area contributed by atoms with E-state index in [2.05, 4.69) is 4.90 Å². The number of rotatable bonds is 5. The summed E-state index contributed by atoms with van der Waals surface area (Å²) in [6, 6.07) is 4.01. The molecule has 0 aliphatic carbocycles. The number of ether oxygens (including phenoxy) is 1. The number of carbonyl (C=O) groups is 1. The summed E-state index contributed by atoms with van der Waals surface area (Å²) >= 11 is 0. The van der Waals surface area contributed by atoms with E-state index in [4.69, 9.17) is 19.1 Å². The SMILES string of the molecule is COCC1CC2(CCN(Cc3ccc(C)o3)CC2)CN1S(C)(=O)=O.O=C(O)C(F)(F)F. The number of nitrogens with zero attached hydrogens (tertiary/aromatic N) is 2. The first-order chi connectivity index (χ1) is 14.3. The highest BCUT2D eigenvalue weighted by Gasteiger charge is 2.48. The molecule has 2 aliphatic heterocycles. The van der Waals surface area contributed by atoms with Crippen LogP contribution in [0.1, 0.15) is 30.8 Å². The smallest absolute Gasteiger partial charge is 0.475 e. The Morgan fingerprint density at radius 2 is 1.90 bits per heavy atom. The number of sulfonamides is 1. The number of hydrogen-bond acceptors (Lipinski definition) is 6.